The van der Waals surface area contributed by atoms with E-state index in [2.05, 4.69) is 28.3 Å². The van der Waals surface area contributed by atoms with Crippen LogP contribution in [0, 0.1) is 5.92 Å². The second-order valence-electron chi connectivity index (χ2n) is 6.68. The molecule has 3 atom stereocenters. The fraction of sp³-hybridized carbons (Fsp3) is 0.526. The zero-order chi connectivity index (χ0) is 16.4. The highest BCUT2D eigenvalue weighted by atomic mass is 16.5. The number of ether oxygens (including phenoxy) is 1. The van der Waals surface area contributed by atoms with Crippen molar-refractivity contribution < 1.29 is 4.74 Å². The summed E-state index contributed by atoms with van der Waals surface area (Å²) in [7, 11) is 0. The molecule has 2 aromatic heterocycles. The third-order valence-electron chi connectivity index (χ3n) is 5.15. The molecule has 2 aromatic rings. The van der Waals surface area contributed by atoms with Crippen LogP contribution in [0.25, 0.3) is 11.5 Å². The molecule has 5 heteroatoms. The van der Waals surface area contributed by atoms with Gasteiger partial charge >= 0.3 is 0 Å². The SMILES string of the molecule is CCc1cc(NC2CCCC3OCCC23)nc(-c2ccccn2)n1. The summed E-state index contributed by atoms with van der Waals surface area (Å²) in [5, 5.41) is 3.68. The zero-order valence-corrected chi connectivity index (χ0v) is 14.1. The summed E-state index contributed by atoms with van der Waals surface area (Å²) in [5.41, 5.74) is 1.87. The summed E-state index contributed by atoms with van der Waals surface area (Å²) in [4.78, 5) is 13.8. The molecule has 1 aliphatic heterocycles. The van der Waals surface area contributed by atoms with E-state index in [9.17, 15) is 0 Å². The lowest BCUT2D eigenvalue weighted by Gasteiger charge is -2.33. The van der Waals surface area contributed by atoms with E-state index in [0.717, 1.165) is 36.7 Å². The molecule has 4 rings (SSSR count). The Bertz CT molecular complexity index is 691. The molecule has 0 bridgehead atoms. The van der Waals surface area contributed by atoms with Gasteiger partial charge in [-0.05, 0) is 44.2 Å². The number of rotatable bonds is 4. The number of aryl methyl sites for hydroxylation is 1. The summed E-state index contributed by atoms with van der Waals surface area (Å²) in [6, 6.07) is 8.36. The quantitative estimate of drug-likeness (QED) is 0.933. The van der Waals surface area contributed by atoms with Gasteiger partial charge in [0, 0.05) is 36.5 Å². The predicted molar refractivity (Wildman–Crippen MR) is 93.7 cm³/mol. The Morgan fingerprint density at radius 1 is 1.21 bits per heavy atom. The fourth-order valence-corrected chi connectivity index (χ4v) is 3.91. The topological polar surface area (TPSA) is 59.9 Å². The first-order chi connectivity index (χ1) is 11.8. The van der Waals surface area contributed by atoms with Crippen molar-refractivity contribution in [1.29, 1.82) is 0 Å². The van der Waals surface area contributed by atoms with Crippen molar-refractivity contribution in [2.45, 2.75) is 51.2 Å². The standard InChI is InChI=1S/C19H24N4O/c1-2-13-12-18(23-19(21-13)16-6-3-4-10-20-16)22-15-7-5-8-17-14(15)9-11-24-17/h3-4,6,10,12,14-15,17H,2,5,7-9,11H2,1H3,(H,21,22,23). The maximum atomic E-state index is 5.88. The monoisotopic (exact) mass is 324 g/mol. The summed E-state index contributed by atoms with van der Waals surface area (Å²) in [5.74, 6) is 2.23. The van der Waals surface area contributed by atoms with E-state index in [1.807, 2.05) is 18.2 Å². The van der Waals surface area contributed by atoms with Gasteiger partial charge in [0.05, 0.1) is 6.10 Å². The first kappa shape index (κ1) is 15.5. The second kappa shape index (κ2) is 6.85. The highest BCUT2D eigenvalue weighted by Crippen LogP contribution is 2.36. The predicted octanol–water partition coefficient (Wildman–Crippen LogP) is 3.47. The molecule has 3 heterocycles. The van der Waals surface area contributed by atoms with Gasteiger partial charge in [0.2, 0.25) is 0 Å². The number of hydrogen-bond donors (Lipinski definition) is 1. The van der Waals surface area contributed by atoms with Gasteiger partial charge in [0.15, 0.2) is 5.82 Å². The number of aromatic nitrogens is 3. The summed E-state index contributed by atoms with van der Waals surface area (Å²) in [6.07, 6.45) is 7.86. The first-order valence-corrected chi connectivity index (χ1v) is 9.01. The Morgan fingerprint density at radius 3 is 3.00 bits per heavy atom. The van der Waals surface area contributed by atoms with Crippen LogP contribution in [0.15, 0.2) is 30.5 Å². The molecule has 1 aliphatic carbocycles. The molecule has 3 unspecified atom stereocenters. The Balaban J connectivity index is 1.60. The molecule has 1 N–H and O–H groups in total. The van der Waals surface area contributed by atoms with Crippen molar-refractivity contribution in [2.75, 3.05) is 11.9 Å². The van der Waals surface area contributed by atoms with Crippen LogP contribution in [0.1, 0.15) is 38.3 Å². The maximum absolute atomic E-state index is 5.88. The van der Waals surface area contributed by atoms with Crippen molar-refractivity contribution in [3.8, 4) is 11.5 Å². The average Bonchev–Trinajstić information content (AvgIpc) is 3.12. The number of anilines is 1. The first-order valence-electron chi connectivity index (χ1n) is 9.01. The van der Waals surface area contributed by atoms with E-state index in [1.165, 1.54) is 19.3 Å². The van der Waals surface area contributed by atoms with Gasteiger partial charge in [-0.2, -0.15) is 0 Å². The van der Waals surface area contributed by atoms with E-state index >= 15 is 0 Å². The van der Waals surface area contributed by atoms with Crippen LogP contribution in [0.4, 0.5) is 5.82 Å². The molecule has 2 aliphatic rings. The van der Waals surface area contributed by atoms with E-state index in [4.69, 9.17) is 9.72 Å². The minimum absolute atomic E-state index is 0.430. The molecule has 1 saturated carbocycles. The molecule has 126 valence electrons. The number of nitrogens with zero attached hydrogens (tertiary/aromatic N) is 3. The van der Waals surface area contributed by atoms with Crippen molar-refractivity contribution in [1.82, 2.24) is 15.0 Å². The van der Waals surface area contributed by atoms with Crippen LogP contribution in [0.3, 0.4) is 0 Å². The molecule has 0 amide bonds. The second-order valence-corrected chi connectivity index (χ2v) is 6.68. The largest absolute Gasteiger partial charge is 0.378 e. The summed E-state index contributed by atoms with van der Waals surface area (Å²) >= 11 is 0. The van der Waals surface area contributed by atoms with E-state index in [1.54, 1.807) is 6.20 Å². The molecule has 5 nitrogen and oxygen atoms in total. The van der Waals surface area contributed by atoms with Crippen LogP contribution in [0.2, 0.25) is 0 Å². The van der Waals surface area contributed by atoms with E-state index in [-0.39, 0.29) is 0 Å². The van der Waals surface area contributed by atoms with Crippen molar-refractivity contribution in [3.63, 3.8) is 0 Å². The van der Waals surface area contributed by atoms with Gasteiger partial charge in [-0.1, -0.05) is 13.0 Å². The Kier molecular flexibility index (Phi) is 4.43. The average molecular weight is 324 g/mol. The van der Waals surface area contributed by atoms with Crippen LogP contribution < -0.4 is 5.32 Å². The smallest absolute Gasteiger partial charge is 0.180 e. The highest BCUT2D eigenvalue weighted by Gasteiger charge is 2.37. The molecule has 0 spiro atoms. The van der Waals surface area contributed by atoms with Crippen LogP contribution in [-0.4, -0.2) is 33.7 Å². The lowest BCUT2D eigenvalue weighted by molar-refractivity contribution is 0.0619. The molecular formula is C19H24N4O. The summed E-state index contributed by atoms with van der Waals surface area (Å²) in [6.45, 7) is 3.02. The van der Waals surface area contributed by atoms with Gasteiger partial charge in [-0.25, -0.2) is 9.97 Å². The molecule has 24 heavy (non-hydrogen) atoms. The molecule has 0 aromatic carbocycles. The van der Waals surface area contributed by atoms with Crippen LogP contribution >= 0.6 is 0 Å². The van der Waals surface area contributed by atoms with Gasteiger partial charge < -0.3 is 10.1 Å². The zero-order valence-electron chi connectivity index (χ0n) is 14.1. The van der Waals surface area contributed by atoms with Crippen LogP contribution in [0.5, 0.6) is 0 Å². The lowest BCUT2D eigenvalue weighted by atomic mass is 9.82. The maximum Gasteiger partial charge on any atom is 0.180 e. The Labute approximate surface area is 142 Å². The minimum atomic E-state index is 0.430. The number of nitrogens with one attached hydrogen (secondary N) is 1. The van der Waals surface area contributed by atoms with Crippen LogP contribution in [-0.2, 0) is 11.2 Å². The molecule has 1 saturated heterocycles. The van der Waals surface area contributed by atoms with E-state index in [0.29, 0.717) is 23.9 Å². The molecule has 0 radical (unpaired) electrons. The summed E-state index contributed by atoms with van der Waals surface area (Å²) < 4.78 is 5.88. The van der Waals surface area contributed by atoms with Crippen molar-refractivity contribution >= 4 is 5.82 Å². The van der Waals surface area contributed by atoms with Crippen molar-refractivity contribution in [3.05, 3.63) is 36.2 Å². The Hall–Kier alpha value is -2.01. The normalized spacial score (nSPS) is 26.1. The number of fused-ring (bicyclic) bond motifs is 1. The highest BCUT2D eigenvalue weighted by molar-refractivity contribution is 5.53. The van der Waals surface area contributed by atoms with Gasteiger partial charge in [-0.15, -0.1) is 0 Å². The van der Waals surface area contributed by atoms with Gasteiger partial charge in [0.1, 0.15) is 11.5 Å². The fourth-order valence-electron chi connectivity index (χ4n) is 3.91. The third-order valence-corrected chi connectivity index (χ3v) is 5.15. The lowest BCUT2D eigenvalue weighted by Crippen LogP contribution is -2.38. The number of pyridine rings is 1. The Morgan fingerprint density at radius 2 is 2.17 bits per heavy atom. The van der Waals surface area contributed by atoms with Gasteiger partial charge in [-0.3, -0.25) is 4.98 Å². The third kappa shape index (κ3) is 3.13. The number of hydrogen-bond acceptors (Lipinski definition) is 5. The molecular weight excluding hydrogens is 300 g/mol. The van der Waals surface area contributed by atoms with Crippen molar-refractivity contribution in [2.24, 2.45) is 5.92 Å². The minimum Gasteiger partial charge on any atom is -0.378 e. The van der Waals surface area contributed by atoms with Gasteiger partial charge in [0.25, 0.3) is 0 Å². The molecule has 2 fully saturated rings. The van der Waals surface area contributed by atoms with E-state index < -0.39 is 0 Å².